The highest BCUT2D eigenvalue weighted by Crippen LogP contribution is 2.53. The molecule has 2 heteroatoms. The van der Waals surface area contributed by atoms with Crippen LogP contribution in [-0.2, 0) is 4.79 Å². The Morgan fingerprint density at radius 3 is 2.81 bits per heavy atom. The molecule has 0 aromatic carbocycles. The number of hydrogen-bond donors (Lipinski definition) is 1. The van der Waals surface area contributed by atoms with E-state index in [1.54, 1.807) is 5.57 Å². The predicted octanol–water partition coefficient (Wildman–Crippen LogP) is 6.09. The van der Waals surface area contributed by atoms with Crippen LogP contribution in [0.3, 0.4) is 0 Å². The summed E-state index contributed by atoms with van der Waals surface area (Å²) in [6, 6.07) is 0. The summed E-state index contributed by atoms with van der Waals surface area (Å²) in [5.41, 5.74) is 1.58. The van der Waals surface area contributed by atoms with Gasteiger partial charge in [0.05, 0.1) is 0 Å². The smallest absolute Gasteiger partial charge is 0.303 e. The van der Waals surface area contributed by atoms with E-state index in [0.29, 0.717) is 17.8 Å². The van der Waals surface area contributed by atoms with E-state index in [-0.39, 0.29) is 6.42 Å². The van der Waals surface area contributed by atoms with Crippen LogP contribution in [-0.4, -0.2) is 11.1 Å². The third-order valence-corrected chi connectivity index (χ3v) is 6.62. The van der Waals surface area contributed by atoms with Gasteiger partial charge in [-0.3, -0.25) is 4.79 Å². The number of aliphatic carboxylic acids is 1. The van der Waals surface area contributed by atoms with Crippen molar-refractivity contribution in [1.29, 1.82) is 0 Å². The second-order valence-electron chi connectivity index (χ2n) is 8.62. The lowest BCUT2D eigenvalue weighted by Gasteiger charge is -2.20. The van der Waals surface area contributed by atoms with Crippen LogP contribution in [0.5, 0.6) is 0 Å². The van der Waals surface area contributed by atoms with Gasteiger partial charge in [0.25, 0.3) is 0 Å². The number of rotatable bonds is 8. The predicted molar refractivity (Wildman–Crippen MR) is 109 cm³/mol. The molecule has 6 atom stereocenters. The minimum Gasteiger partial charge on any atom is -0.481 e. The van der Waals surface area contributed by atoms with Gasteiger partial charge in [-0.25, -0.2) is 0 Å². The molecule has 0 spiro atoms. The first kappa shape index (κ1) is 20.8. The Bertz CT molecular complexity index is 589. The van der Waals surface area contributed by atoms with Crippen molar-refractivity contribution in [2.75, 3.05) is 0 Å². The van der Waals surface area contributed by atoms with Gasteiger partial charge in [0, 0.05) is 12.8 Å². The van der Waals surface area contributed by atoms with Crippen molar-refractivity contribution in [3.63, 3.8) is 0 Å². The minimum absolute atomic E-state index is 0.289. The second-order valence-corrected chi connectivity index (χ2v) is 8.62. The Balaban J connectivity index is 1.89. The van der Waals surface area contributed by atoms with Crippen LogP contribution in [0.25, 0.3) is 0 Å². The molecular weight excluding hydrogens is 320 g/mol. The molecule has 0 unspecified atom stereocenters. The molecule has 144 valence electrons. The average Bonchev–Trinajstić information content (AvgIpc) is 3.10. The maximum absolute atomic E-state index is 10.6. The molecule has 0 aromatic rings. The Hall–Kier alpha value is -1.49. The molecule has 2 aliphatic carbocycles. The number of carboxylic acids is 1. The summed E-state index contributed by atoms with van der Waals surface area (Å²) in [6.45, 7) is 8.95. The number of allylic oxidation sites excluding steroid dienone is 4. The van der Waals surface area contributed by atoms with Crippen LogP contribution < -0.4 is 0 Å². The first-order chi connectivity index (χ1) is 12.4. The van der Waals surface area contributed by atoms with Gasteiger partial charge in [-0.1, -0.05) is 44.6 Å². The van der Waals surface area contributed by atoms with E-state index in [9.17, 15) is 4.79 Å². The van der Waals surface area contributed by atoms with Crippen molar-refractivity contribution in [2.45, 2.75) is 72.6 Å². The molecular formula is C24H36O2. The molecule has 2 nitrogen and oxygen atoms in total. The van der Waals surface area contributed by atoms with E-state index in [1.165, 1.54) is 19.3 Å². The van der Waals surface area contributed by atoms with Crippen molar-refractivity contribution in [3.05, 3.63) is 23.8 Å². The fourth-order valence-corrected chi connectivity index (χ4v) is 4.81. The molecule has 0 saturated heterocycles. The standard InChI is InChI=1S/C24H36O2/c1-5-6-9-17(2)18(3)12-13-22-19(4)14-21-15-20(16-23(21)22)10-7-8-11-24(25)26/h10,12-13,17-19,21-23H,7-9,11,14-16H2,1-4H3,(H,25,26)/b13-12+,20-10-/t17-,18+,19+,21+,22-,23-/m0/s1. The van der Waals surface area contributed by atoms with E-state index < -0.39 is 5.97 Å². The molecule has 2 aliphatic rings. The summed E-state index contributed by atoms with van der Waals surface area (Å²) < 4.78 is 0. The van der Waals surface area contributed by atoms with Gasteiger partial charge >= 0.3 is 5.97 Å². The Kier molecular flexibility index (Phi) is 8.01. The summed E-state index contributed by atoms with van der Waals surface area (Å²) in [5.74, 6) is 9.85. The normalized spacial score (nSPS) is 31.6. The largest absolute Gasteiger partial charge is 0.481 e. The highest BCUT2D eigenvalue weighted by atomic mass is 16.4. The third kappa shape index (κ3) is 5.76. The molecule has 0 heterocycles. The first-order valence-electron chi connectivity index (χ1n) is 10.4. The third-order valence-electron chi connectivity index (χ3n) is 6.62. The number of carbonyl (C=O) groups is 1. The lowest BCUT2D eigenvalue weighted by atomic mass is 9.85. The van der Waals surface area contributed by atoms with Gasteiger partial charge in [-0.2, -0.15) is 0 Å². The second kappa shape index (κ2) is 10.0. The maximum Gasteiger partial charge on any atom is 0.303 e. The zero-order valence-electron chi connectivity index (χ0n) is 17.0. The van der Waals surface area contributed by atoms with E-state index in [0.717, 1.165) is 37.0 Å². The van der Waals surface area contributed by atoms with Crippen molar-refractivity contribution >= 4 is 5.97 Å². The monoisotopic (exact) mass is 356 g/mol. The summed E-state index contributed by atoms with van der Waals surface area (Å²) in [7, 11) is 0. The Labute approximate surface area is 160 Å². The van der Waals surface area contributed by atoms with Gasteiger partial charge in [-0.05, 0) is 74.5 Å². The quantitative estimate of drug-likeness (QED) is 0.324. The fourth-order valence-electron chi connectivity index (χ4n) is 4.81. The minimum atomic E-state index is -0.681. The highest BCUT2D eigenvalue weighted by molar-refractivity contribution is 5.66. The van der Waals surface area contributed by atoms with Crippen molar-refractivity contribution in [1.82, 2.24) is 0 Å². The lowest BCUT2D eigenvalue weighted by Crippen LogP contribution is -2.12. The molecule has 0 amide bonds. The van der Waals surface area contributed by atoms with Gasteiger partial charge in [0.2, 0.25) is 0 Å². The molecule has 0 aliphatic heterocycles. The van der Waals surface area contributed by atoms with E-state index in [4.69, 9.17) is 5.11 Å². The zero-order chi connectivity index (χ0) is 19.1. The van der Waals surface area contributed by atoms with Gasteiger partial charge < -0.3 is 5.11 Å². The first-order valence-corrected chi connectivity index (χ1v) is 10.4. The maximum atomic E-state index is 10.6. The molecule has 0 bridgehead atoms. The molecule has 26 heavy (non-hydrogen) atoms. The number of unbranched alkanes of at least 4 members (excludes halogenated alkanes) is 1. The van der Waals surface area contributed by atoms with E-state index >= 15 is 0 Å². The van der Waals surface area contributed by atoms with E-state index in [1.807, 2.05) is 6.92 Å². The van der Waals surface area contributed by atoms with Crippen LogP contribution in [0.2, 0.25) is 0 Å². The lowest BCUT2D eigenvalue weighted by molar-refractivity contribution is -0.137. The molecule has 2 saturated carbocycles. The van der Waals surface area contributed by atoms with Crippen molar-refractivity contribution < 1.29 is 9.90 Å². The van der Waals surface area contributed by atoms with Crippen molar-refractivity contribution in [2.24, 2.45) is 35.5 Å². The number of hydrogen-bond acceptors (Lipinski definition) is 1. The summed E-state index contributed by atoms with van der Waals surface area (Å²) in [4.78, 5) is 10.6. The summed E-state index contributed by atoms with van der Waals surface area (Å²) in [5, 5.41) is 8.76. The molecule has 0 aromatic heterocycles. The van der Waals surface area contributed by atoms with Crippen LogP contribution in [0.4, 0.5) is 0 Å². The topological polar surface area (TPSA) is 37.3 Å². The zero-order valence-corrected chi connectivity index (χ0v) is 17.0. The highest BCUT2D eigenvalue weighted by Gasteiger charge is 2.43. The number of carboxylic acid groups (broad SMARTS) is 1. The average molecular weight is 357 g/mol. The van der Waals surface area contributed by atoms with Gasteiger partial charge in [0.15, 0.2) is 0 Å². The summed E-state index contributed by atoms with van der Waals surface area (Å²) >= 11 is 0. The molecule has 0 radical (unpaired) electrons. The van der Waals surface area contributed by atoms with Gasteiger partial charge in [0.1, 0.15) is 0 Å². The summed E-state index contributed by atoms with van der Waals surface area (Å²) in [6.07, 6.45) is 14.1. The molecule has 2 rings (SSSR count). The van der Waals surface area contributed by atoms with Crippen LogP contribution >= 0.6 is 0 Å². The molecule has 2 fully saturated rings. The Morgan fingerprint density at radius 2 is 2.12 bits per heavy atom. The Morgan fingerprint density at radius 1 is 1.35 bits per heavy atom. The SMILES string of the molecule is CC#CC[C@H](C)[C@H](C)/C=C/[C@@H]1[C@H]2C/C(=C\CCCC(=O)O)C[C@H]2C[C@H]1C. The fraction of sp³-hybridized carbons (Fsp3) is 0.708. The van der Waals surface area contributed by atoms with Crippen molar-refractivity contribution in [3.8, 4) is 11.8 Å². The van der Waals surface area contributed by atoms with E-state index in [2.05, 4.69) is 50.8 Å². The van der Waals surface area contributed by atoms with Crippen LogP contribution in [0.1, 0.15) is 72.6 Å². The number of fused-ring (bicyclic) bond motifs is 1. The van der Waals surface area contributed by atoms with Gasteiger partial charge in [-0.15, -0.1) is 11.8 Å². The molecule has 1 N–H and O–H groups in total. The van der Waals surface area contributed by atoms with Crippen LogP contribution in [0.15, 0.2) is 23.8 Å². The van der Waals surface area contributed by atoms with Crippen LogP contribution in [0, 0.1) is 47.3 Å².